The van der Waals surface area contributed by atoms with Gasteiger partial charge in [0, 0.05) is 16.9 Å². The SMILES string of the molecule is CCC(=O)c1cc(OC(F)F)ccc1SC(F)(F)F. The normalized spacial score (nSPS) is 11.7. The number of carbonyl (C=O) groups excluding carboxylic acids is 1. The quantitative estimate of drug-likeness (QED) is 0.455. The van der Waals surface area contributed by atoms with Crippen molar-refractivity contribution in [2.45, 2.75) is 30.4 Å². The minimum Gasteiger partial charge on any atom is -0.435 e. The highest BCUT2D eigenvalue weighted by atomic mass is 32.2. The van der Waals surface area contributed by atoms with Gasteiger partial charge in [0.2, 0.25) is 0 Å². The molecule has 0 N–H and O–H groups in total. The van der Waals surface area contributed by atoms with Crippen LogP contribution in [0.4, 0.5) is 22.0 Å². The second kappa shape index (κ2) is 6.23. The first kappa shape index (κ1) is 15.7. The van der Waals surface area contributed by atoms with Crippen LogP contribution in [0.15, 0.2) is 23.1 Å². The maximum Gasteiger partial charge on any atom is 0.446 e. The fourth-order valence-electron chi connectivity index (χ4n) is 1.31. The summed E-state index contributed by atoms with van der Waals surface area (Å²) in [5, 5.41) is 0. The van der Waals surface area contributed by atoms with E-state index in [4.69, 9.17) is 0 Å². The zero-order valence-corrected chi connectivity index (χ0v) is 10.4. The fourth-order valence-corrected chi connectivity index (χ4v) is 1.98. The summed E-state index contributed by atoms with van der Waals surface area (Å²) in [5.41, 5.74) is -4.84. The number of carbonyl (C=O) groups is 1. The van der Waals surface area contributed by atoms with Gasteiger partial charge in [-0.15, -0.1) is 0 Å². The van der Waals surface area contributed by atoms with Crippen molar-refractivity contribution in [3.05, 3.63) is 23.8 Å². The highest BCUT2D eigenvalue weighted by Crippen LogP contribution is 2.40. The molecule has 1 rings (SSSR count). The van der Waals surface area contributed by atoms with Gasteiger partial charge >= 0.3 is 12.1 Å². The molecule has 106 valence electrons. The first-order valence-corrected chi connectivity index (χ1v) is 5.92. The Morgan fingerprint density at radius 2 is 2.00 bits per heavy atom. The summed E-state index contributed by atoms with van der Waals surface area (Å²) in [6.07, 6.45) is -0.0381. The van der Waals surface area contributed by atoms with Gasteiger partial charge in [0.05, 0.1) is 0 Å². The van der Waals surface area contributed by atoms with E-state index >= 15 is 0 Å². The Morgan fingerprint density at radius 1 is 1.37 bits per heavy atom. The van der Waals surface area contributed by atoms with E-state index in [2.05, 4.69) is 4.74 Å². The van der Waals surface area contributed by atoms with Gasteiger partial charge in [-0.05, 0) is 30.0 Å². The zero-order valence-electron chi connectivity index (χ0n) is 9.63. The maximum absolute atomic E-state index is 12.3. The molecular formula is C11H9F5O2S. The summed E-state index contributed by atoms with van der Waals surface area (Å²) in [5.74, 6) is -0.926. The number of alkyl halides is 5. The lowest BCUT2D eigenvalue weighted by molar-refractivity contribution is -0.0500. The third-order valence-corrected chi connectivity index (χ3v) is 2.83. The highest BCUT2D eigenvalue weighted by Gasteiger charge is 2.31. The summed E-state index contributed by atoms with van der Waals surface area (Å²) < 4.78 is 65.0. The molecule has 19 heavy (non-hydrogen) atoms. The molecule has 0 atom stereocenters. The van der Waals surface area contributed by atoms with Crippen molar-refractivity contribution in [1.29, 1.82) is 0 Å². The molecule has 2 nitrogen and oxygen atoms in total. The Morgan fingerprint density at radius 3 is 2.47 bits per heavy atom. The van der Waals surface area contributed by atoms with Crippen LogP contribution in [0.3, 0.4) is 0 Å². The molecule has 0 saturated carbocycles. The van der Waals surface area contributed by atoms with E-state index in [-0.39, 0.29) is 22.6 Å². The van der Waals surface area contributed by atoms with Crippen molar-refractivity contribution >= 4 is 17.5 Å². The number of hydrogen-bond acceptors (Lipinski definition) is 3. The largest absolute Gasteiger partial charge is 0.446 e. The smallest absolute Gasteiger partial charge is 0.435 e. The van der Waals surface area contributed by atoms with Crippen LogP contribution in [0, 0.1) is 0 Å². The third kappa shape index (κ3) is 5.06. The van der Waals surface area contributed by atoms with Crippen molar-refractivity contribution < 1.29 is 31.5 Å². The van der Waals surface area contributed by atoms with Crippen LogP contribution in [0.1, 0.15) is 23.7 Å². The minimum atomic E-state index is -4.56. The number of ether oxygens (including phenoxy) is 1. The van der Waals surface area contributed by atoms with E-state index < -0.39 is 29.7 Å². The number of rotatable bonds is 5. The van der Waals surface area contributed by atoms with Gasteiger partial charge in [0.25, 0.3) is 0 Å². The second-order valence-corrected chi connectivity index (χ2v) is 4.47. The zero-order chi connectivity index (χ0) is 14.6. The van der Waals surface area contributed by atoms with Gasteiger partial charge in [-0.2, -0.15) is 22.0 Å². The first-order valence-electron chi connectivity index (χ1n) is 5.10. The average molecular weight is 300 g/mol. The van der Waals surface area contributed by atoms with Crippen LogP contribution in [-0.4, -0.2) is 17.9 Å². The molecule has 0 aliphatic carbocycles. The van der Waals surface area contributed by atoms with E-state index in [0.717, 1.165) is 18.2 Å². The summed E-state index contributed by atoms with van der Waals surface area (Å²) in [7, 11) is 0. The molecule has 0 saturated heterocycles. The number of benzene rings is 1. The van der Waals surface area contributed by atoms with Crippen molar-refractivity contribution in [3.8, 4) is 5.75 Å². The van der Waals surface area contributed by atoms with Crippen LogP contribution in [0.5, 0.6) is 5.75 Å². The van der Waals surface area contributed by atoms with E-state index in [1.54, 1.807) is 0 Å². The predicted octanol–water partition coefficient (Wildman–Crippen LogP) is 4.49. The lowest BCUT2D eigenvalue weighted by Gasteiger charge is -2.12. The van der Waals surface area contributed by atoms with E-state index in [1.165, 1.54) is 6.92 Å². The molecular weight excluding hydrogens is 291 g/mol. The molecule has 0 spiro atoms. The number of thioether (sulfide) groups is 1. The standard InChI is InChI=1S/C11H9F5O2S/c1-2-8(17)7-5-6(18-10(12)13)3-4-9(7)19-11(14,15)16/h3-5,10H,2H2,1H3. The predicted molar refractivity (Wildman–Crippen MR) is 59.6 cm³/mol. The monoisotopic (exact) mass is 300 g/mol. The molecule has 1 aromatic rings. The molecule has 0 unspecified atom stereocenters. The molecule has 0 aliphatic heterocycles. The van der Waals surface area contributed by atoms with Crippen LogP contribution >= 0.6 is 11.8 Å². The fraction of sp³-hybridized carbons (Fsp3) is 0.364. The van der Waals surface area contributed by atoms with Crippen LogP contribution in [0.2, 0.25) is 0 Å². The van der Waals surface area contributed by atoms with Gasteiger partial charge in [-0.1, -0.05) is 6.92 Å². The molecule has 8 heteroatoms. The van der Waals surface area contributed by atoms with Crippen molar-refractivity contribution in [2.75, 3.05) is 0 Å². The second-order valence-electron chi connectivity index (χ2n) is 3.36. The Balaban J connectivity index is 3.13. The van der Waals surface area contributed by atoms with Crippen molar-refractivity contribution in [2.24, 2.45) is 0 Å². The van der Waals surface area contributed by atoms with Gasteiger partial charge < -0.3 is 4.74 Å². The third-order valence-electron chi connectivity index (χ3n) is 2.02. The number of hydrogen-bond donors (Lipinski definition) is 0. The molecule has 1 aromatic carbocycles. The molecule has 0 fully saturated rings. The Bertz CT molecular complexity index is 459. The molecule has 0 aromatic heterocycles. The first-order chi connectivity index (χ1) is 8.73. The maximum atomic E-state index is 12.3. The van der Waals surface area contributed by atoms with Gasteiger partial charge in [-0.3, -0.25) is 4.79 Å². The van der Waals surface area contributed by atoms with Crippen molar-refractivity contribution in [1.82, 2.24) is 0 Å². The minimum absolute atomic E-state index is 0.0381. The summed E-state index contributed by atoms with van der Waals surface area (Å²) in [6.45, 7) is -1.64. The lowest BCUT2D eigenvalue weighted by Crippen LogP contribution is -2.07. The van der Waals surface area contributed by atoms with Crippen LogP contribution < -0.4 is 4.74 Å². The summed E-state index contributed by atoms with van der Waals surface area (Å²) in [6, 6.07) is 2.80. The van der Waals surface area contributed by atoms with Crippen LogP contribution in [0.25, 0.3) is 0 Å². The number of ketones is 1. The molecule has 0 heterocycles. The van der Waals surface area contributed by atoms with Gasteiger partial charge in [0.15, 0.2) is 5.78 Å². The average Bonchev–Trinajstić information content (AvgIpc) is 2.27. The van der Waals surface area contributed by atoms with Crippen LogP contribution in [-0.2, 0) is 0 Å². The Kier molecular flexibility index (Phi) is 5.16. The highest BCUT2D eigenvalue weighted by molar-refractivity contribution is 8.00. The lowest BCUT2D eigenvalue weighted by atomic mass is 10.1. The van der Waals surface area contributed by atoms with Gasteiger partial charge in [-0.25, -0.2) is 0 Å². The summed E-state index contributed by atoms with van der Waals surface area (Å²) >= 11 is -0.465. The van der Waals surface area contributed by atoms with Gasteiger partial charge in [0.1, 0.15) is 5.75 Å². The molecule has 0 radical (unpaired) electrons. The molecule has 0 bridgehead atoms. The molecule has 0 aliphatic rings. The van der Waals surface area contributed by atoms with Crippen molar-refractivity contribution in [3.63, 3.8) is 0 Å². The summed E-state index contributed by atoms with van der Waals surface area (Å²) in [4.78, 5) is 11.2. The topological polar surface area (TPSA) is 26.3 Å². The van der Waals surface area contributed by atoms with E-state index in [9.17, 15) is 26.7 Å². The van der Waals surface area contributed by atoms with E-state index in [1.807, 2.05) is 0 Å². The Labute approximate surface area is 109 Å². The van der Waals surface area contributed by atoms with E-state index in [0.29, 0.717) is 0 Å². The number of Topliss-reactive ketones (excluding diaryl/α,β-unsaturated/α-hetero) is 1. The molecule has 0 amide bonds. The number of halogens is 5. The Hall–Kier alpha value is -1.31.